The molecule has 2 aliphatic rings. The standard InChI is InChI=1S/C15H28N4O2/c1-18(2)15(21)13-10-16-8-9-19(13)11-14(20)17-12-6-4-3-5-7-12/h12-13,16H,3-11H2,1-2H3,(H,17,20). The third-order valence-electron chi connectivity index (χ3n) is 4.40. The molecule has 1 aliphatic carbocycles. The molecular formula is C15H28N4O2. The summed E-state index contributed by atoms with van der Waals surface area (Å²) < 4.78 is 0. The molecule has 2 fully saturated rings. The fourth-order valence-corrected chi connectivity index (χ4v) is 3.18. The van der Waals surface area contributed by atoms with Gasteiger partial charge in [0.05, 0.1) is 6.54 Å². The molecule has 6 nitrogen and oxygen atoms in total. The number of piperazine rings is 1. The SMILES string of the molecule is CN(C)C(=O)C1CNCCN1CC(=O)NC1CCCCC1. The van der Waals surface area contributed by atoms with Crippen LogP contribution in [0.15, 0.2) is 0 Å². The molecule has 1 saturated carbocycles. The van der Waals surface area contributed by atoms with Gasteiger partial charge in [-0.3, -0.25) is 14.5 Å². The first-order valence-corrected chi connectivity index (χ1v) is 8.03. The van der Waals surface area contributed by atoms with E-state index in [-0.39, 0.29) is 17.9 Å². The molecule has 2 N–H and O–H groups in total. The average Bonchev–Trinajstić information content (AvgIpc) is 2.48. The molecule has 2 rings (SSSR count). The van der Waals surface area contributed by atoms with Gasteiger partial charge in [-0.15, -0.1) is 0 Å². The van der Waals surface area contributed by atoms with Crippen molar-refractivity contribution in [2.75, 3.05) is 40.3 Å². The third-order valence-corrected chi connectivity index (χ3v) is 4.40. The lowest BCUT2D eigenvalue weighted by Gasteiger charge is -2.36. The zero-order valence-electron chi connectivity index (χ0n) is 13.2. The fourth-order valence-electron chi connectivity index (χ4n) is 3.18. The first-order chi connectivity index (χ1) is 10.1. The molecule has 2 amide bonds. The highest BCUT2D eigenvalue weighted by molar-refractivity contribution is 5.83. The summed E-state index contributed by atoms with van der Waals surface area (Å²) in [5.74, 6) is 0.119. The Hall–Kier alpha value is -1.14. The zero-order chi connectivity index (χ0) is 15.2. The summed E-state index contributed by atoms with van der Waals surface area (Å²) in [7, 11) is 3.52. The Labute approximate surface area is 127 Å². The van der Waals surface area contributed by atoms with E-state index >= 15 is 0 Å². The minimum Gasteiger partial charge on any atom is -0.352 e. The van der Waals surface area contributed by atoms with E-state index in [4.69, 9.17) is 0 Å². The predicted molar refractivity (Wildman–Crippen MR) is 81.9 cm³/mol. The highest BCUT2D eigenvalue weighted by Gasteiger charge is 2.31. The molecule has 0 aromatic rings. The molecule has 1 saturated heterocycles. The number of nitrogens with zero attached hydrogens (tertiary/aromatic N) is 2. The van der Waals surface area contributed by atoms with Crippen molar-refractivity contribution in [3.8, 4) is 0 Å². The fraction of sp³-hybridized carbons (Fsp3) is 0.867. The molecule has 1 heterocycles. The van der Waals surface area contributed by atoms with Gasteiger partial charge in [0.1, 0.15) is 6.04 Å². The second-order valence-electron chi connectivity index (χ2n) is 6.33. The van der Waals surface area contributed by atoms with Crippen LogP contribution in [0.2, 0.25) is 0 Å². The van der Waals surface area contributed by atoms with E-state index in [9.17, 15) is 9.59 Å². The third kappa shape index (κ3) is 4.68. The summed E-state index contributed by atoms with van der Waals surface area (Å²) in [6.07, 6.45) is 5.88. The number of amides is 2. The van der Waals surface area contributed by atoms with Crippen LogP contribution in [-0.4, -0.2) is 74.0 Å². The number of hydrogen-bond acceptors (Lipinski definition) is 4. The van der Waals surface area contributed by atoms with E-state index in [0.717, 1.165) is 25.9 Å². The van der Waals surface area contributed by atoms with Crippen LogP contribution in [0.4, 0.5) is 0 Å². The van der Waals surface area contributed by atoms with Gasteiger partial charge in [-0.1, -0.05) is 19.3 Å². The van der Waals surface area contributed by atoms with Crippen molar-refractivity contribution in [1.29, 1.82) is 0 Å². The Kier molecular flexibility index (Phi) is 5.99. The van der Waals surface area contributed by atoms with Crippen LogP contribution < -0.4 is 10.6 Å². The Bertz CT molecular complexity index is 367. The van der Waals surface area contributed by atoms with Gasteiger partial charge >= 0.3 is 0 Å². The normalized spacial score (nSPS) is 24.6. The second kappa shape index (κ2) is 7.75. The van der Waals surface area contributed by atoms with E-state index in [1.165, 1.54) is 19.3 Å². The molecule has 0 aromatic carbocycles. The summed E-state index contributed by atoms with van der Waals surface area (Å²) in [6, 6.07) is 0.100. The molecule has 1 aliphatic heterocycles. The van der Waals surface area contributed by atoms with Crippen LogP contribution >= 0.6 is 0 Å². The Balaban J connectivity index is 1.86. The maximum absolute atomic E-state index is 12.2. The predicted octanol–water partition coefficient (Wildman–Crippen LogP) is -0.203. The lowest BCUT2D eigenvalue weighted by Crippen LogP contribution is -2.59. The maximum Gasteiger partial charge on any atom is 0.240 e. The summed E-state index contributed by atoms with van der Waals surface area (Å²) in [5.41, 5.74) is 0. The molecular weight excluding hydrogens is 268 g/mol. The molecule has 1 unspecified atom stereocenters. The van der Waals surface area contributed by atoms with E-state index in [1.54, 1.807) is 19.0 Å². The van der Waals surface area contributed by atoms with E-state index in [1.807, 2.05) is 4.90 Å². The van der Waals surface area contributed by atoms with Crippen molar-refractivity contribution in [2.24, 2.45) is 0 Å². The second-order valence-corrected chi connectivity index (χ2v) is 6.33. The van der Waals surface area contributed by atoms with Gasteiger partial charge in [0.25, 0.3) is 0 Å². The lowest BCUT2D eigenvalue weighted by molar-refractivity contribution is -0.136. The summed E-state index contributed by atoms with van der Waals surface area (Å²) in [5, 5.41) is 6.36. The van der Waals surface area contributed by atoms with Crippen LogP contribution in [0, 0.1) is 0 Å². The summed E-state index contributed by atoms with van der Waals surface area (Å²) >= 11 is 0. The van der Waals surface area contributed by atoms with E-state index in [0.29, 0.717) is 19.1 Å². The monoisotopic (exact) mass is 296 g/mol. The summed E-state index contributed by atoms with van der Waals surface area (Å²) in [4.78, 5) is 28.0. The van der Waals surface area contributed by atoms with Crippen LogP contribution in [0.1, 0.15) is 32.1 Å². The number of rotatable bonds is 4. The average molecular weight is 296 g/mol. The van der Waals surface area contributed by atoms with Crippen molar-refractivity contribution in [2.45, 2.75) is 44.2 Å². The van der Waals surface area contributed by atoms with Gasteiger partial charge in [-0.25, -0.2) is 0 Å². The minimum atomic E-state index is -0.231. The topological polar surface area (TPSA) is 64.7 Å². The summed E-state index contributed by atoms with van der Waals surface area (Å²) in [6.45, 7) is 2.51. The van der Waals surface area contributed by atoms with Crippen molar-refractivity contribution >= 4 is 11.8 Å². The number of likely N-dealkylation sites (N-methyl/N-ethyl adjacent to an activating group) is 1. The molecule has 120 valence electrons. The van der Waals surface area contributed by atoms with Gasteiger partial charge in [0, 0.05) is 39.8 Å². The Morgan fingerprint density at radius 1 is 1.24 bits per heavy atom. The van der Waals surface area contributed by atoms with Crippen LogP contribution in [0.3, 0.4) is 0 Å². The van der Waals surface area contributed by atoms with Crippen LogP contribution in [-0.2, 0) is 9.59 Å². The van der Waals surface area contributed by atoms with Gasteiger partial charge in [0.2, 0.25) is 11.8 Å². The Morgan fingerprint density at radius 3 is 2.62 bits per heavy atom. The number of carbonyl (C=O) groups excluding carboxylic acids is 2. The largest absolute Gasteiger partial charge is 0.352 e. The molecule has 0 bridgehead atoms. The smallest absolute Gasteiger partial charge is 0.240 e. The molecule has 1 atom stereocenters. The highest BCUT2D eigenvalue weighted by Crippen LogP contribution is 2.17. The first-order valence-electron chi connectivity index (χ1n) is 8.03. The molecule has 0 radical (unpaired) electrons. The quantitative estimate of drug-likeness (QED) is 0.754. The number of nitrogens with one attached hydrogen (secondary N) is 2. The van der Waals surface area contributed by atoms with Gasteiger partial charge < -0.3 is 15.5 Å². The van der Waals surface area contributed by atoms with E-state index in [2.05, 4.69) is 10.6 Å². The number of hydrogen-bond donors (Lipinski definition) is 2. The van der Waals surface area contributed by atoms with Crippen molar-refractivity contribution in [3.63, 3.8) is 0 Å². The molecule has 0 aromatic heterocycles. The minimum absolute atomic E-state index is 0.0559. The van der Waals surface area contributed by atoms with Gasteiger partial charge in [-0.05, 0) is 12.8 Å². The van der Waals surface area contributed by atoms with Gasteiger partial charge in [0.15, 0.2) is 0 Å². The maximum atomic E-state index is 12.2. The lowest BCUT2D eigenvalue weighted by atomic mass is 9.95. The molecule has 6 heteroatoms. The van der Waals surface area contributed by atoms with Crippen LogP contribution in [0.25, 0.3) is 0 Å². The highest BCUT2D eigenvalue weighted by atomic mass is 16.2. The van der Waals surface area contributed by atoms with Crippen LogP contribution in [0.5, 0.6) is 0 Å². The van der Waals surface area contributed by atoms with Crippen molar-refractivity contribution < 1.29 is 9.59 Å². The Morgan fingerprint density at radius 2 is 1.95 bits per heavy atom. The van der Waals surface area contributed by atoms with Crippen molar-refractivity contribution in [3.05, 3.63) is 0 Å². The van der Waals surface area contributed by atoms with Crippen molar-refractivity contribution in [1.82, 2.24) is 20.4 Å². The molecule has 21 heavy (non-hydrogen) atoms. The van der Waals surface area contributed by atoms with Gasteiger partial charge in [-0.2, -0.15) is 0 Å². The number of carbonyl (C=O) groups is 2. The molecule has 0 spiro atoms. The first kappa shape index (κ1) is 16.2. The van der Waals surface area contributed by atoms with E-state index < -0.39 is 0 Å². The zero-order valence-corrected chi connectivity index (χ0v) is 13.2.